The van der Waals surface area contributed by atoms with Gasteiger partial charge in [-0.1, -0.05) is 344 Å². The molecule has 0 radical (unpaired) electrons. The van der Waals surface area contributed by atoms with Crippen molar-refractivity contribution in [3.63, 3.8) is 0 Å². The Balaban J connectivity index is 5.26. The monoisotopic (exact) mass is 1420 g/mol. The lowest BCUT2D eigenvalue weighted by molar-refractivity contribution is -0.161. The number of rotatable bonds is 75. The fourth-order valence-corrected chi connectivity index (χ4v) is 13.4. The summed E-state index contributed by atoms with van der Waals surface area (Å²) in [4.78, 5) is 72.9. The predicted molar refractivity (Wildman–Crippen MR) is 395 cm³/mol. The maximum atomic E-state index is 13.1. The molecule has 0 spiro atoms. The van der Waals surface area contributed by atoms with Crippen LogP contribution in [0.25, 0.3) is 0 Å². The summed E-state index contributed by atoms with van der Waals surface area (Å²) in [5.74, 6) is 1.00. The van der Waals surface area contributed by atoms with E-state index in [0.29, 0.717) is 25.7 Å². The minimum Gasteiger partial charge on any atom is -0.462 e. The molecular formula is C78H152O17P2. The first-order chi connectivity index (χ1) is 46.7. The molecule has 0 bridgehead atoms. The van der Waals surface area contributed by atoms with Gasteiger partial charge >= 0.3 is 39.5 Å². The van der Waals surface area contributed by atoms with E-state index in [1.165, 1.54) is 193 Å². The molecule has 0 aromatic rings. The third-order valence-electron chi connectivity index (χ3n) is 18.8. The molecule has 19 heteroatoms. The van der Waals surface area contributed by atoms with Gasteiger partial charge in [-0.05, 0) is 49.4 Å². The number of hydrogen-bond donors (Lipinski definition) is 3. The van der Waals surface area contributed by atoms with Gasteiger partial charge in [-0.2, -0.15) is 0 Å². The average molecular weight is 1420 g/mol. The lowest BCUT2D eigenvalue weighted by Gasteiger charge is -2.21. The van der Waals surface area contributed by atoms with Crippen LogP contribution in [0.1, 0.15) is 396 Å². The number of phosphoric acid groups is 2. The van der Waals surface area contributed by atoms with E-state index in [4.69, 9.17) is 37.0 Å². The Labute approximate surface area is 594 Å². The lowest BCUT2D eigenvalue weighted by Crippen LogP contribution is -2.30. The van der Waals surface area contributed by atoms with Gasteiger partial charge in [-0.3, -0.25) is 37.3 Å². The number of aliphatic hydroxyl groups is 1. The highest BCUT2D eigenvalue weighted by atomic mass is 31.2. The third kappa shape index (κ3) is 69.5. The first-order valence-electron chi connectivity index (χ1n) is 40.3. The normalized spacial score (nSPS) is 14.6. The first-order valence-corrected chi connectivity index (χ1v) is 43.3. The van der Waals surface area contributed by atoms with E-state index in [1.807, 2.05) is 0 Å². The van der Waals surface area contributed by atoms with Gasteiger partial charge in [-0.15, -0.1) is 0 Å². The molecule has 7 atom stereocenters. The Kier molecular flexibility index (Phi) is 65.9. The van der Waals surface area contributed by atoms with Crippen LogP contribution in [0.2, 0.25) is 0 Å². The summed E-state index contributed by atoms with van der Waals surface area (Å²) < 4.78 is 68.6. The molecule has 0 aliphatic heterocycles. The number of aliphatic hydroxyl groups excluding tert-OH is 1. The number of esters is 4. The fourth-order valence-electron chi connectivity index (χ4n) is 11.8. The van der Waals surface area contributed by atoms with Gasteiger partial charge in [0.05, 0.1) is 26.4 Å². The van der Waals surface area contributed by atoms with Crippen molar-refractivity contribution < 1.29 is 80.2 Å². The van der Waals surface area contributed by atoms with E-state index in [0.717, 1.165) is 120 Å². The van der Waals surface area contributed by atoms with Gasteiger partial charge in [0.1, 0.15) is 19.3 Å². The molecule has 0 rings (SSSR count). The second-order valence-corrected chi connectivity index (χ2v) is 32.4. The Morgan fingerprint density at radius 2 is 0.495 bits per heavy atom. The van der Waals surface area contributed by atoms with Crippen LogP contribution in [0.4, 0.5) is 0 Å². The zero-order valence-electron chi connectivity index (χ0n) is 63.7. The van der Waals surface area contributed by atoms with Crippen molar-refractivity contribution in [3.05, 3.63) is 0 Å². The van der Waals surface area contributed by atoms with E-state index < -0.39 is 97.5 Å². The molecule has 0 aliphatic carbocycles. The Bertz CT molecular complexity index is 1910. The molecule has 0 saturated carbocycles. The molecule has 0 heterocycles. The minimum atomic E-state index is -4.96. The molecule has 17 nitrogen and oxygen atoms in total. The number of carbonyl (C=O) groups is 4. The SMILES string of the molecule is CCC(C)CCCCCCCCCCCCC(=O)OC[C@H](COP(=O)(O)OC[C@@H](O)COP(=O)(O)OC[C@@H](COC(=O)CCCCCCCCC(C)CC)OC(=O)CCCCCCCCCCCCCCCC(C)C)OC(=O)CCCCCCCCCCCCCCCCC(C)C. The highest BCUT2D eigenvalue weighted by Gasteiger charge is 2.30. The van der Waals surface area contributed by atoms with Crippen LogP contribution in [0.5, 0.6) is 0 Å². The topological polar surface area (TPSA) is 237 Å². The summed E-state index contributed by atoms with van der Waals surface area (Å²) in [5.41, 5.74) is 0. The average Bonchev–Trinajstić information content (AvgIpc) is 1.40. The van der Waals surface area contributed by atoms with Crippen LogP contribution >= 0.6 is 15.6 Å². The molecule has 0 aliphatic rings. The van der Waals surface area contributed by atoms with Crippen molar-refractivity contribution in [3.8, 4) is 0 Å². The zero-order valence-corrected chi connectivity index (χ0v) is 65.5. The molecule has 576 valence electrons. The summed E-state index contributed by atoms with van der Waals surface area (Å²) in [6, 6.07) is 0. The van der Waals surface area contributed by atoms with Gasteiger partial charge in [-0.25, -0.2) is 9.13 Å². The molecule has 0 aromatic heterocycles. The first kappa shape index (κ1) is 95.1. The molecule has 0 fully saturated rings. The van der Waals surface area contributed by atoms with Gasteiger partial charge in [0, 0.05) is 25.7 Å². The Morgan fingerprint density at radius 1 is 0.289 bits per heavy atom. The maximum absolute atomic E-state index is 13.1. The molecule has 3 N–H and O–H groups in total. The van der Waals surface area contributed by atoms with E-state index in [2.05, 4.69) is 55.4 Å². The van der Waals surface area contributed by atoms with Crippen molar-refractivity contribution in [1.29, 1.82) is 0 Å². The number of ether oxygens (including phenoxy) is 4. The number of hydrogen-bond acceptors (Lipinski definition) is 15. The van der Waals surface area contributed by atoms with Gasteiger partial charge < -0.3 is 33.8 Å². The van der Waals surface area contributed by atoms with Crippen LogP contribution in [-0.2, 0) is 65.4 Å². The Morgan fingerprint density at radius 3 is 0.732 bits per heavy atom. The van der Waals surface area contributed by atoms with Crippen molar-refractivity contribution in [2.24, 2.45) is 23.7 Å². The number of phosphoric ester groups is 2. The molecule has 0 amide bonds. The molecule has 97 heavy (non-hydrogen) atoms. The third-order valence-corrected chi connectivity index (χ3v) is 20.7. The highest BCUT2D eigenvalue weighted by molar-refractivity contribution is 7.47. The fraction of sp³-hybridized carbons (Fsp3) is 0.949. The number of unbranched alkanes of at least 4 members (excludes halogenated alkanes) is 39. The quantitative estimate of drug-likeness (QED) is 0.0222. The van der Waals surface area contributed by atoms with Crippen molar-refractivity contribution >= 4 is 39.5 Å². The van der Waals surface area contributed by atoms with Crippen LogP contribution in [0.15, 0.2) is 0 Å². The second-order valence-electron chi connectivity index (χ2n) is 29.5. The molecule has 0 aromatic carbocycles. The van der Waals surface area contributed by atoms with E-state index in [-0.39, 0.29) is 25.7 Å². The van der Waals surface area contributed by atoms with Gasteiger partial charge in [0.2, 0.25) is 0 Å². The van der Waals surface area contributed by atoms with Crippen LogP contribution in [0, 0.1) is 23.7 Å². The zero-order chi connectivity index (χ0) is 71.7. The van der Waals surface area contributed by atoms with Crippen molar-refractivity contribution in [2.45, 2.75) is 414 Å². The largest absolute Gasteiger partial charge is 0.472 e. The molecule has 0 saturated heterocycles. The summed E-state index contributed by atoms with van der Waals surface area (Å²) in [5, 5.41) is 10.6. The maximum Gasteiger partial charge on any atom is 0.472 e. The van der Waals surface area contributed by atoms with Crippen molar-refractivity contribution in [2.75, 3.05) is 39.6 Å². The smallest absolute Gasteiger partial charge is 0.462 e. The summed E-state index contributed by atoms with van der Waals surface area (Å²) in [6.07, 6.45) is 52.6. The molecular weight excluding hydrogens is 1270 g/mol. The highest BCUT2D eigenvalue weighted by Crippen LogP contribution is 2.45. The van der Waals surface area contributed by atoms with Gasteiger partial charge in [0.25, 0.3) is 0 Å². The van der Waals surface area contributed by atoms with Crippen molar-refractivity contribution in [1.82, 2.24) is 0 Å². The summed E-state index contributed by atoms with van der Waals surface area (Å²) in [7, 11) is -9.92. The number of carbonyl (C=O) groups excluding carboxylic acids is 4. The minimum absolute atomic E-state index is 0.106. The lowest BCUT2D eigenvalue weighted by atomic mass is 9.99. The van der Waals surface area contributed by atoms with Crippen LogP contribution < -0.4 is 0 Å². The van der Waals surface area contributed by atoms with Gasteiger partial charge in [0.15, 0.2) is 12.2 Å². The summed E-state index contributed by atoms with van der Waals surface area (Å²) in [6.45, 7) is 14.2. The summed E-state index contributed by atoms with van der Waals surface area (Å²) >= 11 is 0. The molecule has 4 unspecified atom stereocenters. The van der Waals surface area contributed by atoms with Crippen LogP contribution in [0.3, 0.4) is 0 Å². The Hall–Kier alpha value is -1.94. The van der Waals surface area contributed by atoms with Crippen LogP contribution in [-0.4, -0.2) is 96.7 Å². The second kappa shape index (κ2) is 67.2. The van der Waals surface area contributed by atoms with E-state index in [1.54, 1.807) is 0 Å². The van der Waals surface area contributed by atoms with E-state index >= 15 is 0 Å². The van der Waals surface area contributed by atoms with E-state index in [9.17, 15) is 43.2 Å². The predicted octanol–water partition coefficient (Wildman–Crippen LogP) is 22.8. The standard InChI is InChI=1S/C78H152O17P2/c1-9-70(7)56-48-40-32-26-22-23-27-33-42-50-58-75(80)88-64-73(94-77(82)60-52-44-34-28-20-16-12-11-14-18-24-30-38-46-54-68(3)4)66-92-96(84,85)90-62-72(79)63-91-97(86,87)93-67-74(65-89-76(81)59-51-43-37-36-41-49-57-71(8)10-2)95-78(83)61-53-45-35-29-21-17-13-15-19-25-31-39-47-55-69(5)6/h68-74,79H,9-67H2,1-8H3,(H,84,85)(H,86,87)/t70?,71?,72-,73-,74-/m1/s1.